The van der Waals surface area contributed by atoms with Gasteiger partial charge in [-0.25, -0.2) is 9.97 Å². The number of methoxy groups -OCH3 is 1. The van der Waals surface area contributed by atoms with Crippen LogP contribution in [0.2, 0.25) is 0 Å². The van der Waals surface area contributed by atoms with E-state index in [-0.39, 0.29) is 0 Å². The molecule has 0 bridgehead atoms. The minimum atomic E-state index is 0.400. The first-order chi connectivity index (χ1) is 12.7. The highest BCUT2D eigenvalue weighted by Crippen LogP contribution is 2.27. The number of aromatic nitrogens is 4. The first-order valence-corrected chi connectivity index (χ1v) is 9.44. The SMILES string of the molecule is COc1cc(NC2CCN(c3cc4c(nn3)CCC(C)C4)CC2)ncn1. The van der Waals surface area contributed by atoms with Crippen LogP contribution >= 0.6 is 0 Å². The molecule has 0 aromatic carbocycles. The maximum Gasteiger partial charge on any atom is 0.218 e. The highest BCUT2D eigenvalue weighted by atomic mass is 16.5. The van der Waals surface area contributed by atoms with Crippen LogP contribution in [0, 0.1) is 5.92 Å². The average Bonchev–Trinajstić information content (AvgIpc) is 2.68. The lowest BCUT2D eigenvalue weighted by Crippen LogP contribution is -2.40. The highest BCUT2D eigenvalue weighted by Gasteiger charge is 2.23. The summed E-state index contributed by atoms with van der Waals surface area (Å²) in [6, 6.07) is 4.50. The minimum absolute atomic E-state index is 0.400. The molecule has 1 aliphatic heterocycles. The number of hydrogen-bond acceptors (Lipinski definition) is 7. The normalized spacial score (nSPS) is 20.5. The maximum absolute atomic E-state index is 5.16. The van der Waals surface area contributed by atoms with Gasteiger partial charge in [-0.3, -0.25) is 0 Å². The number of nitrogens with zero attached hydrogens (tertiary/aromatic N) is 5. The molecule has 0 amide bonds. The van der Waals surface area contributed by atoms with Crippen molar-refractivity contribution in [2.24, 2.45) is 5.92 Å². The lowest BCUT2D eigenvalue weighted by atomic mass is 9.88. The van der Waals surface area contributed by atoms with Gasteiger partial charge in [0.2, 0.25) is 5.88 Å². The Balaban J connectivity index is 1.37. The number of aryl methyl sites for hydroxylation is 1. The molecular formula is C19H26N6O. The first kappa shape index (κ1) is 17.0. The molecule has 0 saturated carbocycles. The second-order valence-corrected chi connectivity index (χ2v) is 7.37. The third-order valence-electron chi connectivity index (χ3n) is 5.41. The zero-order chi connectivity index (χ0) is 17.9. The number of rotatable bonds is 4. The fourth-order valence-electron chi connectivity index (χ4n) is 3.84. The van der Waals surface area contributed by atoms with Crippen LogP contribution in [0.15, 0.2) is 18.5 Å². The van der Waals surface area contributed by atoms with Gasteiger partial charge >= 0.3 is 0 Å². The lowest BCUT2D eigenvalue weighted by Gasteiger charge is -2.33. The Morgan fingerprint density at radius 1 is 1.12 bits per heavy atom. The van der Waals surface area contributed by atoms with E-state index in [9.17, 15) is 0 Å². The number of fused-ring (bicyclic) bond motifs is 1. The third-order valence-corrected chi connectivity index (χ3v) is 5.41. The molecule has 26 heavy (non-hydrogen) atoms. The van der Waals surface area contributed by atoms with Crippen LogP contribution in [0.1, 0.15) is 37.4 Å². The predicted octanol–water partition coefficient (Wildman–Crippen LogP) is 2.48. The van der Waals surface area contributed by atoms with Gasteiger partial charge in [-0.2, -0.15) is 5.10 Å². The third kappa shape index (κ3) is 3.71. The zero-order valence-corrected chi connectivity index (χ0v) is 15.5. The predicted molar refractivity (Wildman–Crippen MR) is 101 cm³/mol. The summed E-state index contributed by atoms with van der Waals surface area (Å²) < 4.78 is 5.16. The molecule has 2 aromatic rings. The minimum Gasteiger partial charge on any atom is -0.481 e. The van der Waals surface area contributed by atoms with E-state index in [1.54, 1.807) is 7.11 Å². The zero-order valence-electron chi connectivity index (χ0n) is 15.5. The highest BCUT2D eigenvalue weighted by molar-refractivity contribution is 5.44. The van der Waals surface area contributed by atoms with Crippen molar-refractivity contribution in [1.82, 2.24) is 20.2 Å². The Bertz CT molecular complexity index is 759. The fourth-order valence-corrected chi connectivity index (χ4v) is 3.84. The van der Waals surface area contributed by atoms with Crippen LogP contribution < -0.4 is 15.0 Å². The molecule has 3 heterocycles. The smallest absolute Gasteiger partial charge is 0.218 e. The molecule has 1 aliphatic carbocycles. The number of hydrogen-bond donors (Lipinski definition) is 1. The molecular weight excluding hydrogens is 328 g/mol. The van der Waals surface area contributed by atoms with Crippen molar-refractivity contribution >= 4 is 11.6 Å². The Kier molecular flexibility index (Phi) is 4.86. The summed E-state index contributed by atoms with van der Waals surface area (Å²) in [7, 11) is 1.62. The second kappa shape index (κ2) is 7.43. The van der Waals surface area contributed by atoms with Gasteiger partial charge < -0.3 is 15.0 Å². The second-order valence-electron chi connectivity index (χ2n) is 7.37. The first-order valence-electron chi connectivity index (χ1n) is 9.44. The molecule has 2 aliphatic rings. The summed E-state index contributed by atoms with van der Waals surface area (Å²) in [5.41, 5.74) is 2.59. The van der Waals surface area contributed by atoms with Crippen molar-refractivity contribution in [2.75, 3.05) is 30.4 Å². The average molecular weight is 354 g/mol. The van der Waals surface area contributed by atoms with Crippen molar-refractivity contribution in [2.45, 2.75) is 45.1 Å². The topological polar surface area (TPSA) is 76.1 Å². The van der Waals surface area contributed by atoms with E-state index in [0.29, 0.717) is 11.9 Å². The van der Waals surface area contributed by atoms with Crippen molar-refractivity contribution in [3.63, 3.8) is 0 Å². The van der Waals surface area contributed by atoms with E-state index in [4.69, 9.17) is 4.74 Å². The molecule has 1 atom stereocenters. The largest absolute Gasteiger partial charge is 0.481 e. The van der Waals surface area contributed by atoms with E-state index >= 15 is 0 Å². The van der Waals surface area contributed by atoms with E-state index in [1.165, 1.54) is 24.0 Å². The summed E-state index contributed by atoms with van der Waals surface area (Å²) >= 11 is 0. The summed E-state index contributed by atoms with van der Waals surface area (Å²) in [5, 5.41) is 12.5. The van der Waals surface area contributed by atoms with Crippen molar-refractivity contribution in [1.29, 1.82) is 0 Å². The van der Waals surface area contributed by atoms with Crippen molar-refractivity contribution in [3.05, 3.63) is 29.7 Å². The number of piperidine rings is 1. The van der Waals surface area contributed by atoms with E-state index in [0.717, 1.165) is 56.3 Å². The Morgan fingerprint density at radius 2 is 1.96 bits per heavy atom. The van der Waals surface area contributed by atoms with Gasteiger partial charge in [-0.15, -0.1) is 5.10 Å². The van der Waals surface area contributed by atoms with Crippen LogP contribution in [-0.4, -0.2) is 46.4 Å². The molecule has 0 radical (unpaired) electrons. The lowest BCUT2D eigenvalue weighted by molar-refractivity contribution is 0.397. The van der Waals surface area contributed by atoms with E-state index < -0.39 is 0 Å². The van der Waals surface area contributed by atoms with Crippen LogP contribution in [0.25, 0.3) is 0 Å². The molecule has 0 spiro atoms. The summed E-state index contributed by atoms with van der Waals surface area (Å²) in [4.78, 5) is 10.7. The number of anilines is 2. The van der Waals surface area contributed by atoms with Crippen LogP contribution in [0.5, 0.6) is 5.88 Å². The molecule has 1 N–H and O–H groups in total. The Hall–Kier alpha value is -2.44. The summed E-state index contributed by atoms with van der Waals surface area (Å²) in [6.45, 7) is 4.27. The van der Waals surface area contributed by atoms with Gasteiger partial charge in [0.05, 0.1) is 12.8 Å². The number of nitrogens with one attached hydrogen (secondary N) is 1. The fraction of sp³-hybridized carbons (Fsp3) is 0.579. The standard InChI is InChI=1S/C19H26N6O/c1-13-3-4-16-14(9-13)10-18(24-23-16)25-7-5-15(6-8-25)22-17-11-19(26-2)21-12-20-17/h10-13,15H,3-9H2,1-2H3,(H,20,21,22). The molecule has 1 saturated heterocycles. The van der Waals surface area contributed by atoms with E-state index in [1.807, 2.05) is 6.07 Å². The van der Waals surface area contributed by atoms with Gasteiger partial charge in [0.25, 0.3) is 0 Å². The van der Waals surface area contributed by atoms with Crippen LogP contribution in [0.3, 0.4) is 0 Å². The summed E-state index contributed by atoms with van der Waals surface area (Å²) in [5.74, 6) is 3.18. The Morgan fingerprint density at radius 3 is 2.77 bits per heavy atom. The number of ether oxygens (including phenoxy) is 1. The van der Waals surface area contributed by atoms with Gasteiger partial charge in [-0.05, 0) is 49.7 Å². The molecule has 1 fully saturated rings. The summed E-state index contributed by atoms with van der Waals surface area (Å²) in [6.07, 6.45) is 7.04. The van der Waals surface area contributed by atoms with E-state index in [2.05, 4.69) is 43.4 Å². The monoisotopic (exact) mass is 354 g/mol. The van der Waals surface area contributed by atoms with Crippen molar-refractivity contribution in [3.8, 4) is 5.88 Å². The van der Waals surface area contributed by atoms with Gasteiger partial charge in [0.15, 0.2) is 5.82 Å². The van der Waals surface area contributed by atoms with Crippen LogP contribution in [0.4, 0.5) is 11.6 Å². The molecule has 1 unspecified atom stereocenters. The quantitative estimate of drug-likeness (QED) is 0.904. The van der Waals surface area contributed by atoms with Crippen LogP contribution in [-0.2, 0) is 12.8 Å². The van der Waals surface area contributed by atoms with Gasteiger partial charge in [0.1, 0.15) is 12.1 Å². The molecule has 4 rings (SSSR count). The Labute approximate surface area is 154 Å². The molecule has 7 nitrogen and oxygen atoms in total. The van der Waals surface area contributed by atoms with Gasteiger partial charge in [-0.1, -0.05) is 6.92 Å². The molecule has 2 aromatic heterocycles. The maximum atomic E-state index is 5.16. The molecule has 7 heteroatoms. The van der Waals surface area contributed by atoms with Gasteiger partial charge in [0, 0.05) is 25.2 Å². The molecule has 138 valence electrons. The van der Waals surface area contributed by atoms with Crippen molar-refractivity contribution < 1.29 is 4.74 Å².